The lowest BCUT2D eigenvalue weighted by atomic mass is 10.0. The molecule has 1 unspecified atom stereocenters. The SMILES string of the molecule is CCC(C)(CO)NC(=O)CCNC(C)C. The molecule has 0 radical (unpaired) electrons. The maximum absolute atomic E-state index is 11.5. The summed E-state index contributed by atoms with van der Waals surface area (Å²) in [5.74, 6) is -0.0125. The van der Waals surface area contributed by atoms with Crippen molar-refractivity contribution in [3.8, 4) is 0 Å². The molecule has 0 saturated carbocycles. The van der Waals surface area contributed by atoms with Gasteiger partial charge in [0.1, 0.15) is 0 Å². The molecule has 0 aromatic carbocycles. The molecule has 0 aromatic rings. The molecule has 0 aliphatic rings. The molecule has 15 heavy (non-hydrogen) atoms. The first-order chi connectivity index (χ1) is 6.93. The number of rotatable bonds is 7. The smallest absolute Gasteiger partial charge is 0.221 e. The van der Waals surface area contributed by atoms with E-state index in [1.165, 1.54) is 0 Å². The summed E-state index contributed by atoms with van der Waals surface area (Å²) in [6, 6.07) is 0.396. The van der Waals surface area contributed by atoms with E-state index in [2.05, 4.69) is 10.6 Å². The summed E-state index contributed by atoms with van der Waals surface area (Å²) in [7, 11) is 0. The van der Waals surface area contributed by atoms with Crippen molar-refractivity contribution in [3.05, 3.63) is 0 Å². The maximum atomic E-state index is 11.5. The Morgan fingerprint density at radius 3 is 2.47 bits per heavy atom. The van der Waals surface area contributed by atoms with E-state index in [0.29, 0.717) is 19.0 Å². The highest BCUT2D eigenvalue weighted by molar-refractivity contribution is 5.76. The molecule has 4 nitrogen and oxygen atoms in total. The average Bonchev–Trinajstić information content (AvgIpc) is 2.17. The van der Waals surface area contributed by atoms with Gasteiger partial charge in [-0.25, -0.2) is 0 Å². The van der Waals surface area contributed by atoms with E-state index in [-0.39, 0.29) is 12.5 Å². The van der Waals surface area contributed by atoms with Gasteiger partial charge < -0.3 is 15.7 Å². The Hall–Kier alpha value is -0.610. The molecule has 0 aliphatic heterocycles. The monoisotopic (exact) mass is 216 g/mol. The number of carbonyl (C=O) groups excluding carboxylic acids is 1. The summed E-state index contributed by atoms with van der Waals surface area (Å²) in [5.41, 5.74) is -0.477. The summed E-state index contributed by atoms with van der Waals surface area (Å²) in [6.07, 6.45) is 1.18. The molecule has 4 heteroatoms. The Bertz CT molecular complexity index is 189. The van der Waals surface area contributed by atoms with Crippen LogP contribution >= 0.6 is 0 Å². The molecule has 1 amide bonds. The van der Waals surface area contributed by atoms with E-state index in [1.54, 1.807) is 0 Å². The second kappa shape index (κ2) is 6.80. The molecule has 3 N–H and O–H groups in total. The van der Waals surface area contributed by atoms with Crippen molar-refractivity contribution >= 4 is 5.91 Å². The Balaban J connectivity index is 3.82. The largest absolute Gasteiger partial charge is 0.394 e. The summed E-state index contributed by atoms with van der Waals surface area (Å²) in [6.45, 7) is 8.54. The quantitative estimate of drug-likeness (QED) is 0.585. The minimum Gasteiger partial charge on any atom is -0.394 e. The molecule has 90 valence electrons. The van der Waals surface area contributed by atoms with Crippen molar-refractivity contribution in [2.75, 3.05) is 13.2 Å². The molecule has 1 atom stereocenters. The van der Waals surface area contributed by atoms with Crippen LogP contribution in [-0.2, 0) is 4.79 Å². The molecular formula is C11H24N2O2. The number of aliphatic hydroxyl groups excluding tert-OH is 1. The van der Waals surface area contributed by atoms with Gasteiger partial charge in [-0.15, -0.1) is 0 Å². The summed E-state index contributed by atoms with van der Waals surface area (Å²) < 4.78 is 0. The highest BCUT2D eigenvalue weighted by atomic mass is 16.3. The van der Waals surface area contributed by atoms with Gasteiger partial charge in [0.15, 0.2) is 0 Å². The second-order valence-corrected chi connectivity index (χ2v) is 4.48. The maximum Gasteiger partial charge on any atom is 0.221 e. The van der Waals surface area contributed by atoms with Crippen molar-refractivity contribution in [2.24, 2.45) is 0 Å². The zero-order chi connectivity index (χ0) is 11.9. The lowest BCUT2D eigenvalue weighted by Gasteiger charge is -2.27. The van der Waals surface area contributed by atoms with Crippen LogP contribution in [0.5, 0.6) is 0 Å². The third-order valence-electron chi connectivity index (χ3n) is 2.48. The van der Waals surface area contributed by atoms with Gasteiger partial charge in [0.05, 0.1) is 12.1 Å². The molecule has 0 aromatic heterocycles. The van der Waals surface area contributed by atoms with Crippen molar-refractivity contribution in [2.45, 2.75) is 52.1 Å². The minimum absolute atomic E-state index is 0.0125. The van der Waals surface area contributed by atoms with Crippen LogP contribution in [0.3, 0.4) is 0 Å². The molecule has 0 saturated heterocycles. The van der Waals surface area contributed by atoms with Crippen LogP contribution in [0.4, 0.5) is 0 Å². The predicted molar refractivity (Wildman–Crippen MR) is 61.7 cm³/mol. The topological polar surface area (TPSA) is 61.4 Å². The van der Waals surface area contributed by atoms with Gasteiger partial charge in [-0.05, 0) is 13.3 Å². The number of nitrogens with one attached hydrogen (secondary N) is 2. The van der Waals surface area contributed by atoms with Crippen molar-refractivity contribution in [3.63, 3.8) is 0 Å². The van der Waals surface area contributed by atoms with Crippen LogP contribution in [-0.4, -0.2) is 35.7 Å². The van der Waals surface area contributed by atoms with Crippen LogP contribution in [0.2, 0.25) is 0 Å². The number of carbonyl (C=O) groups is 1. The fraction of sp³-hybridized carbons (Fsp3) is 0.909. The van der Waals surface area contributed by atoms with Crippen molar-refractivity contribution in [1.82, 2.24) is 10.6 Å². The van der Waals surface area contributed by atoms with Crippen LogP contribution < -0.4 is 10.6 Å². The van der Waals surface area contributed by atoms with Gasteiger partial charge in [-0.2, -0.15) is 0 Å². The highest BCUT2D eigenvalue weighted by Gasteiger charge is 2.22. The van der Waals surface area contributed by atoms with E-state index >= 15 is 0 Å². The summed E-state index contributed by atoms with van der Waals surface area (Å²) in [5, 5.41) is 15.1. The van der Waals surface area contributed by atoms with Crippen molar-refractivity contribution < 1.29 is 9.90 Å². The Morgan fingerprint density at radius 1 is 1.47 bits per heavy atom. The van der Waals surface area contributed by atoms with Crippen LogP contribution in [0.1, 0.15) is 40.5 Å². The lowest BCUT2D eigenvalue weighted by Crippen LogP contribution is -2.49. The fourth-order valence-corrected chi connectivity index (χ4v) is 1.11. The third-order valence-corrected chi connectivity index (χ3v) is 2.48. The van der Waals surface area contributed by atoms with Crippen molar-refractivity contribution in [1.29, 1.82) is 0 Å². The number of hydrogen-bond acceptors (Lipinski definition) is 3. The second-order valence-electron chi connectivity index (χ2n) is 4.48. The Labute approximate surface area is 92.4 Å². The first kappa shape index (κ1) is 14.4. The molecule has 0 rings (SSSR count). The normalized spacial score (nSPS) is 15.1. The molecule has 0 fully saturated rings. The Morgan fingerprint density at radius 2 is 2.07 bits per heavy atom. The van der Waals surface area contributed by atoms with Gasteiger partial charge in [-0.3, -0.25) is 4.79 Å². The van der Waals surface area contributed by atoms with E-state index in [4.69, 9.17) is 5.11 Å². The van der Waals surface area contributed by atoms with Gasteiger partial charge in [-0.1, -0.05) is 20.8 Å². The van der Waals surface area contributed by atoms with E-state index in [0.717, 1.165) is 6.42 Å². The highest BCUT2D eigenvalue weighted by Crippen LogP contribution is 2.07. The number of hydrogen-bond donors (Lipinski definition) is 3. The number of amides is 1. The minimum atomic E-state index is -0.477. The fourth-order valence-electron chi connectivity index (χ4n) is 1.11. The van der Waals surface area contributed by atoms with E-state index < -0.39 is 5.54 Å². The van der Waals surface area contributed by atoms with Crippen LogP contribution in [0.25, 0.3) is 0 Å². The zero-order valence-electron chi connectivity index (χ0n) is 10.3. The lowest BCUT2D eigenvalue weighted by molar-refractivity contribution is -0.123. The number of aliphatic hydroxyl groups is 1. The van der Waals surface area contributed by atoms with Gasteiger partial charge >= 0.3 is 0 Å². The van der Waals surface area contributed by atoms with Crippen LogP contribution in [0.15, 0.2) is 0 Å². The molecular weight excluding hydrogens is 192 g/mol. The van der Waals surface area contributed by atoms with E-state index in [1.807, 2.05) is 27.7 Å². The molecule has 0 spiro atoms. The zero-order valence-corrected chi connectivity index (χ0v) is 10.3. The molecule has 0 aliphatic carbocycles. The average molecular weight is 216 g/mol. The van der Waals surface area contributed by atoms with E-state index in [9.17, 15) is 4.79 Å². The standard InChI is InChI=1S/C11H24N2O2/c1-5-11(4,8-14)13-10(15)6-7-12-9(2)3/h9,12,14H,5-8H2,1-4H3,(H,13,15). The van der Waals surface area contributed by atoms with Gasteiger partial charge in [0.2, 0.25) is 5.91 Å². The third kappa shape index (κ3) is 6.47. The van der Waals surface area contributed by atoms with Gasteiger partial charge in [0.25, 0.3) is 0 Å². The summed E-state index contributed by atoms with van der Waals surface area (Å²) >= 11 is 0. The van der Waals surface area contributed by atoms with Gasteiger partial charge in [0, 0.05) is 19.0 Å². The first-order valence-corrected chi connectivity index (χ1v) is 5.59. The predicted octanol–water partition coefficient (Wildman–Crippen LogP) is 0.652. The first-order valence-electron chi connectivity index (χ1n) is 5.59. The molecule has 0 heterocycles. The van der Waals surface area contributed by atoms with Crippen LogP contribution in [0, 0.1) is 0 Å². The Kier molecular flexibility index (Phi) is 6.52. The summed E-state index contributed by atoms with van der Waals surface area (Å²) in [4.78, 5) is 11.5. The molecule has 0 bridgehead atoms.